The number of hydrogen-bond acceptors (Lipinski definition) is 5. The van der Waals surface area contributed by atoms with Crippen molar-refractivity contribution in [2.45, 2.75) is 0 Å². The highest BCUT2D eigenvalue weighted by Gasteiger charge is 2.13. The zero-order valence-corrected chi connectivity index (χ0v) is 13.5. The Morgan fingerprint density at radius 2 is 1.92 bits per heavy atom. The van der Waals surface area contributed by atoms with Crippen molar-refractivity contribution in [3.05, 3.63) is 53.9 Å². The highest BCUT2D eigenvalue weighted by molar-refractivity contribution is 6.05. The van der Waals surface area contributed by atoms with Crippen molar-refractivity contribution >= 4 is 17.5 Å². The first kappa shape index (κ1) is 17.4. The highest BCUT2D eigenvalue weighted by Crippen LogP contribution is 2.23. The van der Waals surface area contributed by atoms with Gasteiger partial charge in [0.15, 0.2) is 0 Å². The van der Waals surface area contributed by atoms with E-state index >= 15 is 0 Å². The summed E-state index contributed by atoms with van der Waals surface area (Å²) < 4.78 is 10.1. The Kier molecular flexibility index (Phi) is 6.27. The van der Waals surface area contributed by atoms with Gasteiger partial charge in [0.25, 0.3) is 11.8 Å². The van der Waals surface area contributed by atoms with Crippen molar-refractivity contribution in [2.75, 3.05) is 32.7 Å². The summed E-state index contributed by atoms with van der Waals surface area (Å²) in [5.74, 6) is -0.175. The number of nitrogens with one attached hydrogen (secondary N) is 2. The number of para-hydroxylation sites is 2. The first-order chi connectivity index (χ1) is 11.7. The van der Waals surface area contributed by atoms with Crippen LogP contribution in [0.4, 0.5) is 5.69 Å². The third-order valence-electron chi connectivity index (χ3n) is 3.20. The van der Waals surface area contributed by atoms with Crippen LogP contribution in [0.5, 0.6) is 5.75 Å². The fourth-order valence-electron chi connectivity index (χ4n) is 2.00. The fraction of sp³-hybridized carbons (Fsp3) is 0.235. The molecule has 126 valence electrons. The molecule has 0 saturated heterocycles. The van der Waals surface area contributed by atoms with Gasteiger partial charge >= 0.3 is 0 Å². The summed E-state index contributed by atoms with van der Waals surface area (Å²) in [7, 11) is 3.08. The van der Waals surface area contributed by atoms with Crippen molar-refractivity contribution < 1.29 is 19.1 Å². The molecule has 0 saturated carbocycles. The van der Waals surface area contributed by atoms with Crippen LogP contribution in [0.2, 0.25) is 0 Å². The predicted molar refractivity (Wildman–Crippen MR) is 89.4 cm³/mol. The third-order valence-corrected chi connectivity index (χ3v) is 3.20. The molecule has 0 bridgehead atoms. The molecule has 1 aromatic carbocycles. The lowest BCUT2D eigenvalue weighted by molar-refractivity contribution is 0.0937. The van der Waals surface area contributed by atoms with Gasteiger partial charge in [-0.25, -0.2) is 0 Å². The monoisotopic (exact) mass is 329 g/mol. The molecule has 1 aromatic heterocycles. The predicted octanol–water partition coefficient (Wildman–Crippen LogP) is 1.72. The molecule has 24 heavy (non-hydrogen) atoms. The summed E-state index contributed by atoms with van der Waals surface area (Å²) in [4.78, 5) is 28.4. The van der Waals surface area contributed by atoms with E-state index in [-0.39, 0.29) is 11.6 Å². The fourth-order valence-corrected chi connectivity index (χ4v) is 2.00. The van der Waals surface area contributed by atoms with E-state index in [0.29, 0.717) is 30.2 Å². The zero-order chi connectivity index (χ0) is 17.4. The van der Waals surface area contributed by atoms with Crippen LogP contribution in [0.3, 0.4) is 0 Å². The normalized spacial score (nSPS) is 10.1. The largest absolute Gasteiger partial charge is 0.495 e. The lowest BCUT2D eigenvalue weighted by atomic mass is 10.2. The summed E-state index contributed by atoms with van der Waals surface area (Å²) in [5, 5.41) is 5.41. The molecule has 2 rings (SSSR count). The lowest BCUT2D eigenvalue weighted by Gasteiger charge is -2.10. The number of aromatic nitrogens is 1. The maximum Gasteiger partial charge on any atom is 0.274 e. The molecule has 0 atom stereocenters. The van der Waals surface area contributed by atoms with Gasteiger partial charge in [-0.15, -0.1) is 0 Å². The van der Waals surface area contributed by atoms with E-state index in [2.05, 4.69) is 15.6 Å². The first-order valence-electron chi connectivity index (χ1n) is 7.33. The number of nitrogens with zero attached hydrogens (tertiary/aromatic N) is 1. The molecule has 0 fully saturated rings. The molecule has 7 nitrogen and oxygen atoms in total. The summed E-state index contributed by atoms with van der Waals surface area (Å²) in [5.41, 5.74) is 1.02. The minimum Gasteiger partial charge on any atom is -0.495 e. The smallest absolute Gasteiger partial charge is 0.274 e. The molecule has 2 aromatic rings. The number of anilines is 1. The van der Waals surface area contributed by atoms with Crippen LogP contribution >= 0.6 is 0 Å². The van der Waals surface area contributed by atoms with Crippen molar-refractivity contribution in [2.24, 2.45) is 0 Å². The molecular formula is C17H19N3O4. The number of ether oxygens (including phenoxy) is 2. The van der Waals surface area contributed by atoms with Gasteiger partial charge < -0.3 is 20.1 Å². The van der Waals surface area contributed by atoms with Gasteiger partial charge in [0, 0.05) is 25.4 Å². The number of benzene rings is 1. The average Bonchev–Trinajstić information content (AvgIpc) is 2.62. The molecule has 0 radical (unpaired) electrons. The Bertz CT molecular complexity index is 718. The van der Waals surface area contributed by atoms with Crippen LogP contribution in [0.1, 0.15) is 20.8 Å². The van der Waals surface area contributed by atoms with Crippen LogP contribution in [0.15, 0.2) is 42.6 Å². The van der Waals surface area contributed by atoms with Crippen LogP contribution in [-0.2, 0) is 4.74 Å². The van der Waals surface area contributed by atoms with E-state index in [4.69, 9.17) is 9.47 Å². The van der Waals surface area contributed by atoms with Gasteiger partial charge in [-0.05, 0) is 24.3 Å². The van der Waals surface area contributed by atoms with E-state index in [0.717, 1.165) is 0 Å². The second kappa shape index (κ2) is 8.64. The number of carbonyl (C=O) groups excluding carboxylic acids is 2. The van der Waals surface area contributed by atoms with Gasteiger partial charge in [-0.2, -0.15) is 0 Å². The summed E-state index contributed by atoms with van der Waals surface area (Å²) in [6.07, 6.45) is 1.42. The van der Waals surface area contributed by atoms with E-state index < -0.39 is 5.91 Å². The first-order valence-corrected chi connectivity index (χ1v) is 7.33. The molecule has 2 N–H and O–H groups in total. The van der Waals surface area contributed by atoms with Crippen molar-refractivity contribution in [1.82, 2.24) is 10.3 Å². The SMILES string of the molecule is COCCNC(=O)c1ccnc(C(=O)Nc2ccccc2OC)c1. The Morgan fingerprint density at radius 3 is 2.67 bits per heavy atom. The molecule has 0 aliphatic carbocycles. The van der Waals surface area contributed by atoms with Crippen LogP contribution < -0.4 is 15.4 Å². The van der Waals surface area contributed by atoms with Crippen molar-refractivity contribution in [1.29, 1.82) is 0 Å². The van der Waals surface area contributed by atoms with Crippen LogP contribution in [-0.4, -0.2) is 44.2 Å². The molecule has 0 spiro atoms. The van der Waals surface area contributed by atoms with Crippen molar-refractivity contribution in [3.63, 3.8) is 0 Å². The maximum absolute atomic E-state index is 12.3. The number of amides is 2. The molecule has 0 unspecified atom stereocenters. The van der Waals surface area contributed by atoms with Gasteiger partial charge in [0.2, 0.25) is 0 Å². The Hall–Kier alpha value is -2.93. The Morgan fingerprint density at radius 1 is 1.12 bits per heavy atom. The number of methoxy groups -OCH3 is 2. The Balaban J connectivity index is 2.10. The molecule has 1 heterocycles. The van der Waals surface area contributed by atoms with E-state index in [1.54, 1.807) is 37.4 Å². The second-order valence-electron chi connectivity index (χ2n) is 4.83. The molecule has 2 amide bonds. The maximum atomic E-state index is 12.3. The summed E-state index contributed by atoms with van der Waals surface area (Å²) in [6.45, 7) is 0.804. The number of carbonyl (C=O) groups is 2. The quantitative estimate of drug-likeness (QED) is 0.755. The summed E-state index contributed by atoms with van der Waals surface area (Å²) >= 11 is 0. The second-order valence-corrected chi connectivity index (χ2v) is 4.83. The Labute approximate surface area is 140 Å². The van der Waals surface area contributed by atoms with Gasteiger partial charge in [-0.1, -0.05) is 12.1 Å². The highest BCUT2D eigenvalue weighted by atomic mass is 16.5. The summed E-state index contributed by atoms with van der Waals surface area (Å²) in [6, 6.07) is 10.0. The number of pyridine rings is 1. The van der Waals surface area contributed by atoms with Crippen molar-refractivity contribution in [3.8, 4) is 5.75 Å². The minimum absolute atomic E-state index is 0.139. The molecule has 0 aliphatic heterocycles. The van der Waals surface area contributed by atoms with Gasteiger partial charge in [-0.3, -0.25) is 14.6 Å². The lowest BCUT2D eigenvalue weighted by Crippen LogP contribution is -2.27. The van der Waals surface area contributed by atoms with E-state index in [1.807, 2.05) is 0 Å². The molecular weight excluding hydrogens is 310 g/mol. The third kappa shape index (κ3) is 4.53. The molecule has 7 heteroatoms. The van der Waals surface area contributed by atoms with E-state index in [9.17, 15) is 9.59 Å². The topological polar surface area (TPSA) is 89.5 Å². The van der Waals surface area contributed by atoms with Crippen LogP contribution in [0.25, 0.3) is 0 Å². The number of rotatable bonds is 7. The minimum atomic E-state index is -0.425. The van der Waals surface area contributed by atoms with Crippen LogP contribution in [0, 0.1) is 0 Å². The van der Waals surface area contributed by atoms with Gasteiger partial charge in [0.1, 0.15) is 11.4 Å². The van der Waals surface area contributed by atoms with E-state index in [1.165, 1.54) is 19.4 Å². The average molecular weight is 329 g/mol. The standard InChI is InChI=1S/C17H19N3O4/c1-23-10-9-19-16(21)12-7-8-18-14(11-12)17(22)20-13-5-3-4-6-15(13)24-2/h3-8,11H,9-10H2,1-2H3,(H,19,21)(H,20,22). The zero-order valence-electron chi connectivity index (χ0n) is 13.5. The molecule has 0 aliphatic rings. The van der Waals surface area contributed by atoms with Gasteiger partial charge in [0.05, 0.1) is 19.4 Å². The number of hydrogen-bond donors (Lipinski definition) is 2.